The van der Waals surface area contributed by atoms with Gasteiger partial charge in [-0.25, -0.2) is 0 Å². The topological polar surface area (TPSA) is 21.6 Å². The lowest BCUT2D eigenvalue weighted by molar-refractivity contribution is 0.317. The molecule has 0 spiro atoms. The van der Waals surface area contributed by atoms with Gasteiger partial charge in [-0.05, 0) is 50.1 Å². The van der Waals surface area contributed by atoms with Crippen molar-refractivity contribution in [3.05, 3.63) is 58.1 Å². The Kier molecular flexibility index (Phi) is 5.40. The lowest BCUT2D eigenvalue weighted by Crippen LogP contribution is -1.98. The summed E-state index contributed by atoms with van der Waals surface area (Å²) < 4.78 is 5.73. The third-order valence-corrected chi connectivity index (χ3v) is 3.36. The summed E-state index contributed by atoms with van der Waals surface area (Å²) in [7, 11) is 0. The normalized spacial score (nSPS) is 11.0. The summed E-state index contributed by atoms with van der Waals surface area (Å²) in [4.78, 5) is 4.56. The quantitative estimate of drug-likeness (QED) is 0.669. The molecule has 2 nitrogen and oxygen atoms in total. The highest BCUT2D eigenvalue weighted by molar-refractivity contribution is 6.30. The molecule has 0 atom stereocenters. The minimum atomic E-state index is 0.681. The molecule has 3 heteroatoms. The molecule has 0 N–H and O–H groups in total. The molecule has 2 rings (SSSR count). The monoisotopic (exact) mass is 301 g/mol. The van der Waals surface area contributed by atoms with Crippen molar-refractivity contribution in [1.29, 1.82) is 0 Å². The van der Waals surface area contributed by atoms with E-state index in [1.807, 2.05) is 30.5 Å². The van der Waals surface area contributed by atoms with E-state index in [9.17, 15) is 0 Å². The van der Waals surface area contributed by atoms with Crippen LogP contribution in [0.2, 0.25) is 5.02 Å². The molecule has 21 heavy (non-hydrogen) atoms. The smallest absolute Gasteiger partial charge is 0.128 e. The van der Waals surface area contributed by atoms with Crippen LogP contribution in [0.1, 0.15) is 30.0 Å². The average molecular weight is 302 g/mol. The van der Waals surface area contributed by atoms with Crippen LogP contribution in [0.3, 0.4) is 0 Å². The third kappa shape index (κ3) is 4.33. The van der Waals surface area contributed by atoms with Crippen LogP contribution in [-0.4, -0.2) is 12.8 Å². The van der Waals surface area contributed by atoms with Crippen LogP contribution in [0.25, 0.3) is 0 Å². The standard InChI is InChI=1S/C18H20ClNO/c1-4-9-21-18-8-6-16(19)11-15(18)12-20-17-7-5-13(2)10-14(17)3/h5-8,10-12H,4,9H2,1-3H3. The predicted molar refractivity (Wildman–Crippen MR) is 90.4 cm³/mol. The zero-order valence-electron chi connectivity index (χ0n) is 12.7. The summed E-state index contributed by atoms with van der Waals surface area (Å²) in [6, 6.07) is 11.8. The SMILES string of the molecule is CCCOc1ccc(Cl)cc1C=Nc1ccc(C)cc1C. The maximum atomic E-state index is 6.07. The average Bonchev–Trinajstić information content (AvgIpc) is 2.45. The molecule has 0 radical (unpaired) electrons. The fraction of sp³-hybridized carbons (Fsp3) is 0.278. The maximum absolute atomic E-state index is 6.07. The van der Waals surface area contributed by atoms with Gasteiger partial charge in [-0.15, -0.1) is 0 Å². The Hall–Kier alpha value is -1.80. The van der Waals surface area contributed by atoms with Crippen molar-refractivity contribution < 1.29 is 4.74 Å². The highest BCUT2D eigenvalue weighted by atomic mass is 35.5. The maximum Gasteiger partial charge on any atom is 0.128 e. The first-order valence-corrected chi connectivity index (χ1v) is 7.51. The second-order valence-electron chi connectivity index (χ2n) is 5.08. The van der Waals surface area contributed by atoms with Gasteiger partial charge in [0.15, 0.2) is 0 Å². The van der Waals surface area contributed by atoms with Gasteiger partial charge in [0.1, 0.15) is 5.75 Å². The van der Waals surface area contributed by atoms with Crippen LogP contribution in [0.15, 0.2) is 41.4 Å². The van der Waals surface area contributed by atoms with Gasteiger partial charge in [0.25, 0.3) is 0 Å². The molecular weight excluding hydrogens is 282 g/mol. The number of nitrogens with zero attached hydrogens (tertiary/aromatic N) is 1. The lowest BCUT2D eigenvalue weighted by Gasteiger charge is -2.08. The Morgan fingerprint density at radius 3 is 2.67 bits per heavy atom. The summed E-state index contributed by atoms with van der Waals surface area (Å²) >= 11 is 6.07. The second-order valence-corrected chi connectivity index (χ2v) is 5.52. The summed E-state index contributed by atoms with van der Waals surface area (Å²) in [6.07, 6.45) is 2.78. The van der Waals surface area contributed by atoms with Crippen molar-refractivity contribution >= 4 is 23.5 Å². The summed E-state index contributed by atoms with van der Waals surface area (Å²) in [5, 5.41) is 0.681. The molecule has 0 aromatic heterocycles. The van der Waals surface area contributed by atoms with Crippen LogP contribution in [0.5, 0.6) is 5.75 Å². The van der Waals surface area contributed by atoms with E-state index in [-0.39, 0.29) is 0 Å². The second kappa shape index (κ2) is 7.28. The van der Waals surface area contributed by atoms with Gasteiger partial charge in [0, 0.05) is 16.8 Å². The van der Waals surface area contributed by atoms with Crippen LogP contribution in [0.4, 0.5) is 5.69 Å². The van der Waals surface area contributed by atoms with E-state index in [0.717, 1.165) is 29.0 Å². The fourth-order valence-electron chi connectivity index (χ4n) is 2.05. The molecule has 0 amide bonds. The number of hydrogen-bond donors (Lipinski definition) is 0. The minimum Gasteiger partial charge on any atom is -0.493 e. The largest absolute Gasteiger partial charge is 0.493 e. The van der Waals surface area contributed by atoms with Crippen LogP contribution in [-0.2, 0) is 0 Å². The number of benzene rings is 2. The van der Waals surface area contributed by atoms with E-state index in [4.69, 9.17) is 16.3 Å². The van der Waals surface area contributed by atoms with Gasteiger partial charge in [-0.1, -0.05) is 36.2 Å². The highest BCUT2D eigenvalue weighted by Crippen LogP contribution is 2.24. The molecule has 0 saturated carbocycles. The van der Waals surface area contributed by atoms with E-state index < -0.39 is 0 Å². The zero-order valence-corrected chi connectivity index (χ0v) is 13.4. The Morgan fingerprint density at radius 1 is 1.14 bits per heavy atom. The van der Waals surface area contributed by atoms with Gasteiger partial charge in [0.05, 0.1) is 12.3 Å². The van der Waals surface area contributed by atoms with Gasteiger partial charge >= 0.3 is 0 Å². The van der Waals surface area contributed by atoms with Crippen LogP contribution >= 0.6 is 11.6 Å². The van der Waals surface area contributed by atoms with Crippen molar-refractivity contribution in [2.24, 2.45) is 4.99 Å². The van der Waals surface area contributed by atoms with Crippen molar-refractivity contribution in [1.82, 2.24) is 0 Å². The Morgan fingerprint density at radius 2 is 1.95 bits per heavy atom. The first kappa shape index (κ1) is 15.6. The zero-order chi connectivity index (χ0) is 15.2. The molecule has 2 aromatic rings. The Bertz CT molecular complexity index is 650. The number of halogens is 1. The van der Waals surface area contributed by atoms with Crippen molar-refractivity contribution in [3.8, 4) is 5.75 Å². The fourth-order valence-corrected chi connectivity index (χ4v) is 2.23. The molecule has 0 aliphatic rings. The van der Waals surface area contributed by atoms with E-state index in [2.05, 4.69) is 37.9 Å². The minimum absolute atomic E-state index is 0.681. The Balaban J connectivity index is 2.28. The van der Waals surface area contributed by atoms with E-state index in [1.165, 1.54) is 5.56 Å². The molecule has 0 aliphatic carbocycles. The molecular formula is C18H20ClNO. The molecule has 0 fully saturated rings. The number of rotatable bonds is 5. The summed E-state index contributed by atoms with van der Waals surface area (Å²) in [6.45, 7) is 6.91. The highest BCUT2D eigenvalue weighted by Gasteiger charge is 2.03. The molecule has 0 aliphatic heterocycles. The van der Waals surface area contributed by atoms with Crippen molar-refractivity contribution in [2.45, 2.75) is 27.2 Å². The number of aliphatic imine (C=N–C) groups is 1. The lowest BCUT2D eigenvalue weighted by atomic mass is 10.1. The van der Waals surface area contributed by atoms with E-state index in [1.54, 1.807) is 0 Å². The summed E-state index contributed by atoms with van der Waals surface area (Å²) in [5.74, 6) is 0.815. The molecule has 0 bridgehead atoms. The summed E-state index contributed by atoms with van der Waals surface area (Å²) in [5.41, 5.74) is 4.25. The number of hydrogen-bond acceptors (Lipinski definition) is 2. The van der Waals surface area contributed by atoms with Crippen molar-refractivity contribution in [3.63, 3.8) is 0 Å². The number of ether oxygens (including phenoxy) is 1. The first-order chi connectivity index (χ1) is 10.1. The van der Waals surface area contributed by atoms with Gasteiger partial charge in [0.2, 0.25) is 0 Å². The molecule has 2 aromatic carbocycles. The van der Waals surface area contributed by atoms with E-state index >= 15 is 0 Å². The molecule has 110 valence electrons. The molecule has 0 heterocycles. The van der Waals surface area contributed by atoms with Crippen molar-refractivity contribution in [2.75, 3.05) is 6.61 Å². The van der Waals surface area contributed by atoms with Gasteiger partial charge in [-0.3, -0.25) is 4.99 Å². The van der Waals surface area contributed by atoms with Gasteiger partial charge in [-0.2, -0.15) is 0 Å². The van der Waals surface area contributed by atoms with E-state index in [0.29, 0.717) is 11.6 Å². The third-order valence-electron chi connectivity index (χ3n) is 3.13. The predicted octanol–water partition coefficient (Wildman–Crippen LogP) is 5.50. The Labute approximate surface area is 131 Å². The van der Waals surface area contributed by atoms with Gasteiger partial charge < -0.3 is 4.74 Å². The first-order valence-electron chi connectivity index (χ1n) is 7.14. The number of aryl methyl sites for hydroxylation is 2. The molecule has 0 unspecified atom stereocenters. The van der Waals surface area contributed by atoms with Crippen LogP contribution in [0, 0.1) is 13.8 Å². The van der Waals surface area contributed by atoms with Crippen LogP contribution < -0.4 is 4.74 Å². The molecule has 0 saturated heterocycles.